The Balaban J connectivity index is 1.85. The minimum Gasteiger partial charge on any atom is -0.371 e. The Morgan fingerprint density at radius 1 is 1.11 bits per heavy atom. The smallest absolute Gasteiger partial charge is 0.183 e. The van der Waals surface area contributed by atoms with Gasteiger partial charge < -0.3 is 15.8 Å². The first kappa shape index (κ1) is 19.7. The minimum absolute atomic E-state index is 0.0203. The maximum absolute atomic E-state index is 13.4. The fraction of sp³-hybridized carbons (Fsp3) is 0.435. The number of morpholine rings is 1. The third-order valence-electron chi connectivity index (χ3n) is 5.54. The molecule has 0 saturated carbocycles. The number of benzene rings is 2. The molecule has 0 aliphatic carbocycles. The van der Waals surface area contributed by atoms with Gasteiger partial charge in [0.2, 0.25) is 0 Å². The molecule has 3 rings (SSSR count). The van der Waals surface area contributed by atoms with Crippen molar-refractivity contribution >= 4 is 5.78 Å². The van der Waals surface area contributed by atoms with Gasteiger partial charge in [0.25, 0.3) is 0 Å². The number of carbonyl (C=O) groups excluding carboxylic acids is 1. The number of hydrogen-bond donors (Lipinski definition) is 2. The summed E-state index contributed by atoms with van der Waals surface area (Å²) in [5.74, 6) is -0.0203. The number of hydrogen-bond acceptors (Lipinski definition) is 4. The zero-order valence-electron chi connectivity index (χ0n) is 16.5. The lowest BCUT2D eigenvalue weighted by Gasteiger charge is -2.40. The van der Waals surface area contributed by atoms with Crippen LogP contribution in [0.3, 0.4) is 0 Å². The van der Waals surface area contributed by atoms with Crippen LogP contribution in [-0.2, 0) is 11.2 Å². The molecule has 1 aliphatic rings. The lowest BCUT2D eigenvalue weighted by Crippen LogP contribution is -2.59. The van der Waals surface area contributed by atoms with E-state index in [1.54, 1.807) is 0 Å². The number of Topliss-reactive ketones (excluding diaryl/α,β-unsaturated/α-hetero) is 1. The summed E-state index contributed by atoms with van der Waals surface area (Å²) in [5.41, 5.74) is 8.22. The number of nitrogens with one attached hydrogen (secondary N) is 1. The molecule has 4 heteroatoms. The van der Waals surface area contributed by atoms with Crippen LogP contribution < -0.4 is 11.1 Å². The Hall–Kier alpha value is -2.01. The molecule has 2 atom stereocenters. The molecule has 27 heavy (non-hydrogen) atoms. The molecule has 0 aromatic heterocycles. The van der Waals surface area contributed by atoms with Gasteiger partial charge in [0, 0.05) is 18.7 Å². The van der Waals surface area contributed by atoms with E-state index < -0.39 is 5.54 Å². The van der Waals surface area contributed by atoms with E-state index in [-0.39, 0.29) is 17.3 Å². The Morgan fingerprint density at radius 3 is 2.33 bits per heavy atom. The van der Waals surface area contributed by atoms with Crippen molar-refractivity contribution in [1.82, 2.24) is 5.32 Å². The van der Waals surface area contributed by atoms with Crippen LogP contribution in [0.2, 0.25) is 0 Å². The Labute approximate surface area is 162 Å². The highest BCUT2D eigenvalue weighted by Gasteiger charge is 2.45. The lowest BCUT2D eigenvalue weighted by molar-refractivity contribution is 0.0277. The predicted molar refractivity (Wildman–Crippen MR) is 109 cm³/mol. The van der Waals surface area contributed by atoms with Crippen molar-refractivity contribution < 1.29 is 9.53 Å². The summed E-state index contributed by atoms with van der Waals surface area (Å²) in [5, 5.41) is 3.33. The standard InChI is InChI=1S/C23H30N2O2/c1-22(2,3)23(24,15-17-7-5-4-6-8-17)21(26)19-11-9-18(10-12-19)20-16-25-13-14-27-20/h4-12,20,25H,13-16,24H2,1-3H3. The molecular weight excluding hydrogens is 336 g/mol. The fourth-order valence-electron chi connectivity index (χ4n) is 3.49. The second-order valence-electron chi connectivity index (χ2n) is 8.40. The highest BCUT2D eigenvalue weighted by Crippen LogP contribution is 2.34. The van der Waals surface area contributed by atoms with Gasteiger partial charge in [-0.2, -0.15) is 0 Å². The van der Waals surface area contributed by atoms with E-state index in [9.17, 15) is 4.79 Å². The Morgan fingerprint density at radius 2 is 1.78 bits per heavy atom. The van der Waals surface area contributed by atoms with Gasteiger partial charge in [-0.3, -0.25) is 4.79 Å². The first-order chi connectivity index (χ1) is 12.8. The predicted octanol–water partition coefficient (Wildman–Crippen LogP) is 3.52. The highest BCUT2D eigenvalue weighted by molar-refractivity contribution is 6.04. The second kappa shape index (κ2) is 7.93. The van der Waals surface area contributed by atoms with E-state index in [1.165, 1.54) is 0 Å². The van der Waals surface area contributed by atoms with Crippen LogP contribution in [0, 0.1) is 5.41 Å². The quantitative estimate of drug-likeness (QED) is 0.795. The average molecular weight is 367 g/mol. The SMILES string of the molecule is CC(C)(C)C(N)(Cc1ccccc1)C(=O)c1ccc(C2CNCCO2)cc1. The van der Waals surface area contributed by atoms with Crippen molar-refractivity contribution in [3.05, 3.63) is 71.3 Å². The maximum atomic E-state index is 13.4. The van der Waals surface area contributed by atoms with Crippen LogP contribution in [0.25, 0.3) is 0 Å². The summed E-state index contributed by atoms with van der Waals surface area (Å²) in [6.07, 6.45) is 0.547. The molecule has 0 spiro atoms. The molecule has 1 aliphatic heterocycles. The average Bonchev–Trinajstić information content (AvgIpc) is 2.68. The molecule has 1 saturated heterocycles. The monoisotopic (exact) mass is 366 g/mol. The van der Waals surface area contributed by atoms with E-state index >= 15 is 0 Å². The second-order valence-corrected chi connectivity index (χ2v) is 8.40. The molecule has 0 bridgehead atoms. The van der Waals surface area contributed by atoms with Crippen molar-refractivity contribution in [2.75, 3.05) is 19.7 Å². The zero-order chi connectivity index (χ0) is 19.5. The van der Waals surface area contributed by atoms with E-state index in [4.69, 9.17) is 10.5 Å². The molecule has 1 fully saturated rings. The number of ether oxygens (including phenoxy) is 1. The van der Waals surface area contributed by atoms with Crippen LogP contribution in [0.1, 0.15) is 48.4 Å². The van der Waals surface area contributed by atoms with Crippen LogP contribution in [0.5, 0.6) is 0 Å². The summed E-state index contributed by atoms with van der Waals surface area (Å²) in [6, 6.07) is 17.7. The van der Waals surface area contributed by atoms with Crippen LogP contribution in [0.4, 0.5) is 0 Å². The number of ketones is 1. The maximum Gasteiger partial charge on any atom is 0.183 e. The number of carbonyl (C=O) groups is 1. The third kappa shape index (κ3) is 4.29. The molecule has 144 valence electrons. The van der Waals surface area contributed by atoms with E-state index in [2.05, 4.69) is 5.32 Å². The first-order valence-corrected chi connectivity index (χ1v) is 9.61. The topological polar surface area (TPSA) is 64.4 Å². The van der Waals surface area contributed by atoms with Crippen molar-refractivity contribution in [2.45, 2.75) is 38.8 Å². The molecule has 2 aromatic carbocycles. The molecule has 4 nitrogen and oxygen atoms in total. The number of nitrogens with two attached hydrogens (primary N) is 1. The van der Waals surface area contributed by atoms with Crippen molar-refractivity contribution in [2.24, 2.45) is 11.1 Å². The normalized spacial score (nSPS) is 20.1. The van der Waals surface area contributed by atoms with Gasteiger partial charge in [0.05, 0.1) is 18.2 Å². The molecule has 1 heterocycles. The molecule has 0 radical (unpaired) electrons. The third-order valence-corrected chi connectivity index (χ3v) is 5.54. The van der Waals surface area contributed by atoms with Gasteiger partial charge >= 0.3 is 0 Å². The first-order valence-electron chi connectivity index (χ1n) is 9.61. The summed E-state index contributed by atoms with van der Waals surface area (Å²) in [6.45, 7) is 8.48. The van der Waals surface area contributed by atoms with Crippen molar-refractivity contribution in [3.8, 4) is 0 Å². The van der Waals surface area contributed by atoms with Crippen LogP contribution in [-0.4, -0.2) is 31.0 Å². The Kier molecular flexibility index (Phi) is 5.80. The van der Waals surface area contributed by atoms with E-state index in [1.807, 2.05) is 75.4 Å². The van der Waals surface area contributed by atoms with Crippen molar-refractivity contribution in [3.63, 3.8) is 0 Å². The van der Waals surface area contributed by atoms with Gasteiger partial charge in [0.15, 0.2) is 5.78 Å². The van der Waals surface area contributed by atoms with Crippen LogP contribution >= 0.6 is 0 Å². The van der Waals surface area contributed by atoms with Gasteiger partial charge in [-0.05, 0) is 23.0 Å². The molecule has 2 unspecified atom stereocenters. The van der Waals surface area contributed by atoms with Crippen LogP contribution in [0.15, 0.2) is 54.6 Å². The van der Waals surface area contributed by atoms with Gasteiger partial charge in [0.1, 0.15) is 0 Å². The molecule has 0 amide bonds. The van der Waals surface area contributed by atoms with Crippen molar-refractivity contribution in [1.29, 1.82) is 0 Å². The molecule has 2 aromatic rings. The zero-order valence-corrected chi connectivity index (χ0v) is 16.5. The lowest BCUT2D eigenvalue weighted by atomic mass is 9.67. The molecular formula is C23H30N2O2. The van der Waals surface area contributed by atoms with Gasteiger partial charge in [-0.1, -0.05) is 75.4 Å². The largest absolute Gasteiger partial charge is 0.371 e. The summed E-state index contributed by atoms with van der Waals surface area (Å²) >= 11 is 0. The Bertz CT molecular complexity index is 759. The number of rotatable bonds is 5. The minimum atomic E-state index is -0.987. The summed E-state index contributed by atoms with van der Waals surface area (Å²) in [4.78, 5) is 13.4. The highest BCUT2D eigenvalue weighted by atomic mass is 16.5. The van der Waals surface area contributed by atoms with E-state index in [0.29, 0.717) is 18.6 Å². The van der Waals surface area contributed by atoms with E-state index in [0.717, 1.165) is 24.2 Å². The molecule has 3 N–H and O–H groups in total. The fourth-order valence-corrected chi connectivity index (χ4v) is 3.49. The van der Waals surface area contributed by atoms with Gasteiger partial charge in [-0.15, -0.1) is 0 Å². The summed E-state index contributed by atoms with van der Waals surface area (Å²) < 4.78 is 5.79. The summed E-state index contributed by atoms with van der Waals surface area (Å²) in [7, 11) is 0. The van der Waals surface area contributed by atoms with Gasteiger partial charge in [-0.25, -0.2) is 0 Å².